The van der Waals surface area contributed by atoms with E-state index in [9.17, 15) is 67.2 Å². The van der Waals surface area contributed by atoms with E-state index in [0.29, 0.717) is 23.5 Å². The van der Waals surface area contributed by atoms with Crippen LogP contribution in [0.5, 0.6) is 5.75 Å². The number of esters is 1. The van der Waals surface area contributed by atoms with Gasteiger partial charge in [0.15, 0.2) is 10.2 Å². The van der Waals surface area contributed by atoms with Crippen molar-refractivity contribution in [2.24, 2.45) is 10.8 Å². The topological polar surface area (TPSA) is 96.0 Å². The SMILES string of the molecule is CC(C)(CC(=O)SCCOP(=O)(OCCSC(=O)CC(C)(C)C(F)(F)F)C(F)(F)c1ccc2sc(C(=O)Oc3c(F)c(F)c(F)c(F)c3F)cc2c1)C(F)(F)F. The molecule has 2 aromatic carbocycles. The number of halogens is 13. The third-order valence-electron chi connectivity index (χ3n) is 7.70. The van der Waals surface area contributed by atoms with E-state index in [1.165, 1.54) is 0 Å². The van der Waals surface area contributed by atoms with Crippen molar-refractivity contribution in [1.82, 2.24) is 0 Å². The fraction of sp³-hybridized carbons (Fsp3) is 0.469. The van der Waals surface area contributed by atoms with Crippen LogP contribution in [-0.4, -0.2) is 53.3 Å². The third kappa shape index (κ3) is 10.8. The van der Waals surface area contributed by atoms with E-state index in [4.69, 9.17) is 9.05 Å². The van der Waals surface area contributed by atoms with Crippen molar-refractivity contribution in [3.05, 3.63) is 63.8 Å². The van der Waals surface area contributed by atoms with Gasteiger partial charge in [-0.2, -0.15) is 43.9 Å². The molecular weight excluding hydrogens is 870 g/mol. The van der Waals surface area contributed by atoms with Crippen molar-refractivity contribution in [3.8, 4) is 5.75 Å². The molecule has 0 atom stereocenters. The lowest BCUT2D eigenvalue weighted by atomic mass is 9.89. The average molecular weight is 899 g/mol. The number of carbonyl (C=O) groups is 3. The van der Waals surface area contributed by atoms with E-state index in [0.717, 1.165) is 39.8 Å². The first-order valence-corrected chi connectivity index (χ1v) is 19.8. The number of alkyl halides is 8. The fourth-order valence-corrected chi connectivity index (χ4v) is 8.55. The van der Waals surface area contributed by atoms with Gasteiger partial charge in [0, 0.05) is 34.6 Å². The van der Waals surface area contributed by atoms with Gasteiger partial charge in [-0.25, -0.2) is 18.0 Å². The highest BCUT2D eigenvalue weighted by Gasteiger charge is 2.55. The van der Waals surface area contributed by atoms with Crippen LogP contribution in [0.4, 0.5) is 57.1 Å². The standard InChI is InChI=1S/C32H28F13O7PS3/c1-28(2,31(40,41)42)13-19(46)54-9-7-50-53(49,51-8-10-55-20(47)14-29(3,4)32(43,44)45)30(38,39)16-5-6-17-15(11-16)12-18(56-17)27(48)52-26-24(36)22(34)21(33)23(35)25(26)37/h5-6,11-12H,7-10,13-14H2,1-4H3. The molecule has 0 radical (unpaired) electrons. The number of hydrogen-bond acceptors (Lipinski definition) is 10. The van der Waals surface area contributed by atoms with Crippen LogP contribution >= 0.6 is 42.5 Å². The van der Waals surface area contributed by atoms with Crippen LogP contribution in [-0.2, 0) is 28.9 Å². The van der Waals surface area contributed by atoms with Crippen LogP contribution in [0.15, 0.2) is 24.3 Å². The minimum atomic E-state index is -5.78. The molecule has 0 aliphatic heterocycles. The molecule has 0 saturated heterocycles. The quantitative estimate of drug-likeness (QED) is 0.0265. The van der Waals surface area contributed by atoms with Crippen LogP contribution in [0.2, 0.25) is 0 Å². The summed E-state index contributed by atoms with van der Waals surface area (Å²) in [6, 6.07) is 3.08. The molecule has 3 aromatic rings. The van der Waals surface area contributed by atoms with Crippen molar-refractivity contribution in [2.75, 3.05) is 24.7 Å². The summed E-state index contributed by atoms with van der Waals surface area (Å²) >= 11 is 0.941. The second kappa shape index (κ2) is 17.6. The number of fused-ring (bicyclic) bond motifs is 1. The van der Waals surface area contributed by atoms with Gasteiger partial charge in [0.25, 0.3) is 0 Å². The summed E-state index contributed by atoms with van der Waals surface area (Å²) in [5.74, 6) is -17.2. The zero-order valence-corrected chi connectivity index (χ0v) is 32.3. The van der Waals surface area contributed by atoms with Gasteiger partial charge in [0.1, 0.15) is 4.88 Å². The zero-order valence-electron chi connectivity index (χ0n) is 29.0. The normalized spacial score (nSPS) is 13.4. The largest absolute Gasteiger partial charge is 0.416 e. The van der Waals surface area contributed by atoms with Gasteiger partial charge in [-0.05, 0) is 23.6 Å². The summed E-state index contributed by atoms with van der Waals surface area (Å²) in [5.41, 5.74) is -10.7. The lowest BCUT2D eigenvalue weighted by Gasteiger charge is -2.28. The van der Waals surface area contributed by atoms with Gasteiger partial charge in [0.2, 0.25) is 34.8 Å². The van der Waals surface area contributed by atoms with Gasteiger partial charge < -0.3 is 13.8 Å². The van der Waals surface area contributed by atoms with Crippen molar-refractivity contribution in [3.63, 3.8) is 0 Å². The summed E-state index contributed by atoms with van der Waals surface area (Å²) in [6.45, 7) is 1.05. The molecular formula is C32H28F13O7PS3. The average Bonchev–Trinajstić information content (AvgIpc) is 3.51. The molecule has 0 aliphatic carbocycles. The van der Waals surface area contributed by atoms with Gasteiger partial charge in [-0.3, -0.25) is 14.2 Å². The molecule has 1 aromatic heterocycles. The third-order valence-corrected chi connectivity index (χ3v) is 12.5. The Hall–Kier alpha value is -2.85. The summed E-state index contributed by atoms with van der Waals surface area (Å²) in [5, 5.41) is -2.29. The Bertz CT molecular complexity index is 1930. The summed E-state index contributed by atoms with van der Waals surface area (Å²) in [4.78, 5) is 36.4. The molecule has 0 amide bonds. The molecule has 0 saturated carbocycles. The first-order chi connectivity index (χ1) is 25.5. The Morgan fingerprint density at radius 1 is 0.679 bits per heavy atom. The first kappa shape index (κ1) is 47.5. The number of thiophene rings is 1. The molecule has 1 heterocycles. The highest BCUT2D eigenvalue weighted by molar-refractivity contribution is 8.13. The van der Waals surface area contributed by atoms with Gasteiger partial charge in [0.05, 0.1) is 24.0 Å². The molecule has 0 fully saturated rings. The van der Waals surface area contributed by atoms with Crippen LogP contribution < -0.4 is 4.74 Å². The predicted molar refractivity (Wildman–Crippen MR) is 180 cm³/mol. The Kier molecular flexibility index (Phi) is 14.9. The van der Waals surface area contributed by atoms with Crippen LogP contribution in [0, 0.1) is 39.9 Å². The monoisotopic (exact) mass is 898 g/mol. The second-order valence-corrected chi connectivity index (χ2v) is 18.4. The van der Waals surface area contributed by atoms with E-state index < -0.39 is 135 Å². The minimum absolute atomic E-state index is 0.000957. The number of ether oxygens (including phenoxy) is 1. The van der Waals surface area contributed by atoms with E-state index in [-0.39, 0.29) is 33.6 Å². The lowest BCUT2D eigenvalue weighted by molar-refractivity contribution is -0.212. The Balaban J connectivity index is 1.85. The molecule has 0 aliphatic rings. The van der Waals surface area contributed by atoms with E-state index in [1.807, 2.05) is 0 Å². The highest BCUT2D eigenvalue weighted by atomic mass is 32.2. The van der Waals surface area contributed by atoms with Gasteiger partial charge >= 0.3 is 31.6 Å². The van der Waals surface area contributed by atoms with E-state index in [2.05, 4.69) is 4.74 Å². The molecule has 0 unspecified atom stereocenters. The number of benzene rings is 2. The number of rotatable bonds is 16. The maximum atomic E-state index is 16.1. The maximum absolute atomic E-state index is 16.1. The van der Waals surface area contributed by atoms with Crippen molar-refractivity contribution < 1.29 is 89.8 Å². The Morgan fingerprint density at radius 2 is 1.11 bits per heavy atom. The molecule has 0 bridgehead atoms. The summed E-state index contributed by atoms with van der Waals surface area (Å²) in [7, 11) is -5.78. The van der Waals surface area contributed by atoms with Crippen molar-refractivity contribution in [2.45, 2.75) is 58.6 Å². The minimum Gasteiger partial charge on any atom is -0.416 e. The Morgan fingerprint density at radius 3 is 1.54 bits per heavy atom. The highest BCUT2D eigenvalue weighted by Crippen LogP contribution is 2.67. The molecule has 7 nitrogen and oxygen atoms in total. The molecule has 0 N–H and O–H groups in total. The summed E-state index contributed by atoms with van der Waals surface area (Å²) < 4.78 is 208. The zero-order chi connectivity index (χ0) is 42.8. The van der Waals surface area contributed by atoms with Crippen molar-refractivity contribution >= 4 is 68.7 Å². The molecule has 0 spiro atoms. The molecule has 24 heteroatoms. The lowest BCUT2D eigenvalue weighted by Crippen LogP contribution is -2.33. The predicted octanol–water partition coefficient (Wildman–Crippen LogP) is 11.6. The van der Waals surface area contributed by atoms with E-state index in [1.54, 1.807) is 0 Å². The second-order valence-electron chi connectivity index (χ2n) is 12.9. The van der Waals surface area contributed by atoms with Crippen LogP contribution in [0.1, 0.15) is 55.8 Å². The first-order valence-electron chi connectivity index (χ1n) is 15.4. The maximum Gasteiger partial charge on any atom is 0.404 e. The van der Waals surface area contributed by atoms with Crippen molar-refractivity contribution in [1.29, 1.82) is 0 Å². The summed E-state index contributed by atoms with van der Waals surface area (Å²) in [6.07, 6.45) is -11.6. The Labute approximate surface area is 321 Å². The fourth-order valence-electron chi connectivity index (χ4n) is 4.16. The number of hydrogen-bond donors (Lipinski definition) is 0. The number of thioether (sulfide) groups is 2. The van der Waals surface area contributed by atoms with Crippen LogP contribution in [0.3, 0.4) is 0 Å². The van der Waals surface area contributed by atoms with Crippen LogP contribution in [0.25, 0.3) is 10.1 Å². The molecule has 56 heavy (non-hydrogen) atoms. The smallest absolute Gasteiger partial charge is 0.404 e. The van der Waals surface area contributed by atoms with Gasteiger partial charge in [-0.1, -0.05) is 57.3 Å². The van der Waals surface area contributed by atoms with E-state index >= 15 is 8.78 Å². The molecule has 3 rings (SSSR count). The molecule has 312 valence electrons. The van der Waals surface area contributed by atoms with Gasteiger partial charge in [-0.15, -0.1) is 11.3 Å². The number of carbonyl (C=O) groups excluding carboxylic acids is 3.